The lowest BCUT2D eigenvalue weighted by atomic mass is 10.1. The summed E-state index contributed by atoms with van der Waals surface area (Å²) < 4.78 is 5.18. The summed E-state index contributed by atoms with van der Waals surface area (Å²) in [4.78, 5) is 4.35. The van der Waals surface area contributed by atoms with Crippen LogP contribution in [0.15, 0.2) is 29.3 Å². The number of amidine groups is 1. The number of ether oxygens (including phenoxy) is 1. The Hall–Kier alpha value is -1.16. The van der Waals surface area contributed by atoms with Gasteiger partial charge < -0.3 is 10.5 Å². The van der Waals surface area contributed by atoms with E-state index in [1.54, 1.807) is 18.9 Å². The minimum Gasteiger partial charge on any atom is -0.497 e. The largest absolute Gasteiger partial charge is 0.497 e. The van der Waals surface area contributed by atoms with Crippen LogP contribution >= 0.6 is 11.8 Å². The Bertz CT molecular complexity index is 391. The number of hydrogen-bond donors (Lipinski definition) is 1. The van der Waals surface area contributed by atoms with Gasteiger partial charge in [-0.1, -0.05) is 37.7 Å². The van der Waals surface area contributed by atoms with Crippen molar-refractivity contribution < 1.29 is 4.74 Å². The Labute approximate surface area is 114 Å². The van der Waals surface area contributed by atoms with Gasteiger partial charge in [0.1, 0.15) is 5.75 Å². The van der Waals surface area contributed by atoms with Crippen LogP contribution in [-0.4, -0.2) is 18.8 Å². The zero-order valence-electron chi connectivity index (χ0n) is 11.3. The highest BCUT2D eigenvalue weighted by Gasteiger charge is 1.99. The first-order valence-electron chi connectivity index (χ1n) is 6.17. The maximum atomic E-state index is 5.86. The van der Waals surface area contributed by atoms with Gasteiger partial charge in [0.2, 0.25) is 0 Å². The first-order chi connectivity index (χ1) is 8.61. The topological polar surface area (TPSA) is 47.6 Å². The summed E-state index contributed by atoms with van der Waals surface area (Å²) in [7, 11) is 1.67. The molecular formula is C14H22N2OS. The van der Waals surface area contributed by atoms with Gasteiger partial charge in [-0.2, -0.15) is 0 Å². The number of hydrogen-bond acceptors (Lipinski definition) is 3. The van der Waals surface area contributed by atoms with E-state index >= 15 is 0 Å². The first kappa shape index (κ1) is 14.9. The number of benzene rings is 1. The normalized spacial score (nSPS) is 11.9. The lowest BCUT2D eigenvalue weighted by molar-refractivity contribution is 0.414. The molecule has 1 rings (SSSR count). The van der Waals surface area contributed by atoms with E-state index in [9.17, 15) is 0 Å². The van der Waals surface area contributed by atoms with Gasteiger partial charge in [0.05, 0.1) is 7.11 Å². The van der Waals surface area contributed by atoms with Gasteiger partial charge in [-0.3, -0.25) is 4.99 Å². The van der Waals surface area contributed by atoms with Crippen molar-refractivity contribution >= 4 is 16.9 Å². The van der Waals surface area contributed by atoms with Gasteiger partial charge in [0, 0.05) is 12.3 Å². The third-order valence-electron chi connectivity index (χ3n) is 2.49. The molecule has 0 aliphatic rings. The molecule has 0 radical (unpaired) electrons. The van der Waals surface area contributed by atoms with E-state index in [0.29, 0.717) is 11.1 Å². The molecule has 0 aliphatic heterocycles. The molecule has 0 atom stereocenters. The molecule has 0 amide bonds. The molecule has 0 fully saturated rings. The molecule has 0 aliphatic carbocycles. The molecule has 2 N–H and O–H groups in total. The fourth-order valence-corrected chi connectivity index (χ4v) is 2.07. The second-order valence-electron chi connectivity index (χ2n) is 4.54. The molecule has 0 aromatic heterocycles. The van der Waals surface area contributed by atoms with Crippen molar-refractivity contribution in [3.05, 3.63) is 29.8 Å². The number of rotatable bonds is 6. The van der Waals surface area contributed by atoms with Crippen molar-refractivity contribution in [2.45, 2.75) is 26.0 Å². The van der Waals surface area contributed by atoms with E-state index in [4.69, 9.17) is 10.5 Å². The summed E-state index contributed by atoms with van der Waals surface area (Å²) >= 11 is 1.57. The van der Waals surface area contributed by atoms with Gasteiger partial charge in [-0.05, 0) is 30.0 Å². The predicted octanol–water partition coefficient (Wildman–Crippen LogP) is 3.29. The monoisotopic (exact) mass is 266 g/mol. The van der Waals surface area contributed by atoms with Crippen LogP contribution in [-0.2, 0) is 5.75 Å². The number of nitrogens with two attached hydrogens (primary N) is 1. The lowest BCUT2D eigenvalue weighted by Crippen LogP contribution is -2.08. The summed E-state index contributed by atoms with van der Waals surface area (Å²) in [5.41, 5.74) is 7.06. The molecule has 0 saturated carbocycles. The number of nitrogens with zero attached hydrogens (tertiary/aromatic N) is 1. The number of methoxy groups -OCH3 is 1. The van der Waals surface area contributed by atoms with Crippen molar-refractivity contribution in [2.75, 3.05) is 13.7 Å². The van der Waals surface area contributed by atoms with Crippen LogP contribution in [0.2, 0.25) is 0 Å². The highest BCUT2D eigenvalue weighted by Crippen LogP contribution is 2.17. The third kappa shape index (κ3) is 5.96. The molecule has 0 heterocycles. The van der Waals surface area contributed by atoms with Crippen LogP contribution < -0.4 is 10.5 Å². The second kappa shape index (κ2) is 8.03. The lowest BCUT2D eigenvalue weighted by Gasteiger charge is -2.05. The van der Waals surface area contributed by atoms with E-state index in [2.05, 4.69) is 24.9 Å². The highest BCUT2D eigenvalue weighted by molar-refractivity contribution is 8.13. The van der Waals surface area contributed by atoms with Gasteiger partial charge in [-0.15, -0.1) is 0 Å². The molecule has 100 valence electrons. The van der Waals surface area contributed by atoms with E-state index < -0.39 is 0 Å². The zero-order valence-corrected chi connectivity index (χ0v) is 12.2. The average molecular weight is 266 g/mol. The molecule has 3 nitrogen and oxygen atoms in total. The highest BCUT2D eigenvalue weighted by atomic mass is 32.2. The third-order valence-corrected chi connectivity index (χ3v) is 3.40. The van der Waals surface area contributed by atoms with Crippen LogP contribution in [0.3, 0.4) is 0 Å². The van der Waals surface area contributed by atoms with Gasteiger partial charge in [0.25, 0.3) is 0 Å². The molecule has 0 saturated heterocycles. The standard InChI is InChI=1S/C14H22N2OS/c1-11(2)7-8-16-14(15)18-10-12-5-4-6-13(9-12)17-3/h4-6,9,11H,7-8,10H2,1-3H3,(H2,15,16). The van der Waals surface area contributed by atoms with Crippen LogP contribution in [0.1, 0.15) is 25.8 Å². The van der Waals surface area contributed by atoms with Crippen molar-refractivity contribution in [2.24, 2.45) is 16.6 Å². The van der Waals surface area contributed by atoms with Crippen molar-refractivity contribution in [3.63, 3.8) is 0 Å². The van der Waals surface area contributed by atoms with E-state index in [1.807, 2.05) is 18.2 Å². The van der Waals surface area contributed by atoms with E-state index in [-0.39, 0.29) is 0 Å². The van der Waals surface area contributed by atoms with Crippen molar-refractivity contribution in [1.29, 1.82) is 0 Å². The van der Waals surface area contributed by atoms with Gasteiger partial charge >= 0.3 is 0 Å². The Morgan fingerprint density at radius 2 is 2.22 bits per heavy atom. The Morgan fingerprint density at radius 3 is 2.89 bits per heavy atom. The van der Waals surface area contributed by atoms with Gasteiger partial charge in [-0.25, -0.2) is 0 Å². The summed E-state index contributed by atoms with van der Waals surface area (Å²) in [6, 6.07) is 8.01. The number of aliphatic imine (C=N–C) groups is 1. The average Bonchev–Trinajstić information content (AvgIpc) is 2.36. The fraction of sp³-hybridized carbons (Fsp3) is 0.500. The summed E-state index contributed by atoms with van der Waals surface area (Å²) in [6.07, 6.45) is 1.08. The molecule has 1 aromatic carbocycles. The van der Waals surface area contributed by atoms with Gasteiger partial charge in [0.15, 0.2) is 5.17 Å². The Morgan fingerprint density at radius 1 is 1.44 bits per heavy atom. The number of thioether (sulfide) groups is 1. The SMILES string of the molecule is COc1cccc(CSC(N)=NCCC(C)C)c1. The molecule has 1 aromatic rings. The Kier molecular flexibility index (Phi) is 6.65. The predicted molar refractivity (Wildman–Crippen MR) is 80.2 cm³/mol. The molecule has 0 bridgehead atoms. The van der Waals surface area contributed by atoms with E-state index in [0.717, 1.165) is 24.5 Å². The zero-order chi connectivity index (χ0) is 13.4. The van der Waals surface area contributed by atoms with Crippen LogP contribution in [0, 0.1) is 5.92 Å². The summed E-state index contributed by atoms with van der Waals surface area (Å²) in [5.74, 6) is 2.38. The molecular weight excluding hydrogens is 244 g/mol. The Balaban J connectivity index is 2.39. The summed E-state index contributed by atoms with van der Waals surface area (Å²) in [6.45, 7) is 5.19. The van der Waals surface area contributed by atoms with E-state index in [1.165, 1.54) is 5.56 Å². The van der Waals surface area contributed by atoms with Crippen LogP contribution in [0.4, 0.5) is 0 Å². The minimum atomic E-state index is 0.665. The quantitative estimate of drug-likeness (QED) is 0.635. The smallest absolute Gasteiger partial charge is 0.154 e. The molecule has 0 spiro atoms. The fourth-order valence-electron chi connectivity index (χ4n) is 1.40. The second-order valence-corrected chi connectivity index (χ2v) is 5.54. The summed E-state index contributed by atoms with van der Waals surface area (Å²) in [5, 5.41) is 0.665. The van der Waals surface area contributed by atoms with Crippen LogP contribution in [0.25, 0.3) is 0 Å². The first-order valence-corrected chi connectivity index (χ1v) is 7.16. The maximum Gasteiger partial charge on any atom is 0.154 e. The van der Waals surface area contributed by atoms with Crippen molar-refractivity contribution in [3.8, 4) is 5.75 Å². The molecule has 18 heavy (non-hydrogen) atoms. The van der Waals surface area contributed by atoms with Crippen LogP contribution in [0.5, 0.6) is 5.75 Å². The molecule has 0 unspecified atom stereocenters. The maximum absolute atomic E-state index is 5.86. The minimum absolute atomic E-state index is 0.665. The van der Waals surface area contributed by atoms with Crippen molar-refractivity contribution in [1.82, 2.24) is 0 Å². The molecule has 4 heteroatoms.